The van der Waals surface area contributed by atoms with Gasteiger partial charge in [0.2, 0.25) is 0 Å². The lowest BCUT2D eigenvalue weighted by atomic mass is 10.2. The fourth-order valence-corrected chi connectivity index (χ4v) is 2.39. The Bertz CT molecular complexity index is 657. The quantitative estimate of drug-likeness (QED) is 0.638. The predicted octanol–water partition coefficient (Wildman–Crippen LogP) is 5.81. The first kappa shape index (κ1) is 17.6. The maximum absolute atomic E-state index is 12.2. The highest BCUT2D eigenvalue weighted by molar-refractivity contribution is 6.44. The van der Waals surface area contributed by atoms with Crippen LogP contribution in [0.1, 0.15) is 36.5 Å². The molecule has 0 aromatic heterocycles. The number of halogens is 2. The van der Waals surface area contributed by atoms with E-state index in [9.17, 15) is 4.79 Å². The topological polar surface area (TPSA) is 38.3 Å². The molecular weight excluding hydrogens is 333 g/mol. The number of anilines is 1. The highest BCUT2D eigenvalue weighted by atomic mass is 35.5. The second-order valence-corrected chi connectivity index (χ2v) is 5.92. The number of hydrogen-bond donors (Lipinski definition) is 1. The lowest BCUT2D eigenvalue weighted by Gasteiger charge is -2.09. The Hall–Kier alpha value is -1.71. The smallest absolute Gasteiger partial charge is 0.255 e. The van der Waals surface area contributed by atoms with Crippen molar-refractivity contribution in [2.45, 2.75) is 26.2 Å². The molecule has 0 heterocycles. The number of unbranched alkanes of at least 4 members (excludes halogenated alkanes) is 2. The zero-order chi connectivity index (χ0) is 16.7. The molecule has 0 bridgehead atoms. The molecule has 1 amide bonds. The van der Waals surface area contributed by atoms with E-state index in [2.05, 4.69) is 12.2 Å². The molecule has 0 atom stereocenters. The molecule has 2 aromatic rings. The van der Waals surface area contributed by atoms with Gasteiger partial charge in [-0.15, -0.1) is 0 Å². The summed E-state index contributed by atoms with van der Waals surface area (Å²) >= 11 is 12.0. The van der Waals surface area contributed by atoms with Crippen molar-refractivity contribution in [2.75, 3.05) is 11.9 Å². The van der Waals surface area contributed by atoms with Gasteiger partial charge >= 0.3 is 0 Å². The van der Waals surface area contributed by atoms with E-state index in [-0.39, 0.29) is 5.91 Å². The Labute approximate surface area is 146 Å². The SMILES string of the molecule is CCCCCOc1ccc(C(=O)Nc2cccc(Cl)c2Cl)cc1. The van der Waals surface area contributed by atoms with E-state index in [4.69, 9.17) is 27.9 Å². The molecule has 3 nitrogen and oxygen atoms in total. The molecule has 0 aliphatic rings. The number of benzene rings is 2. The fraction of sp³-hybridized carbons (Fsp3) is 0.278. The van der Waals surface area contributed by atoms with Gasteiger partial charge in [0.05, 0.1) is 22.3 Å². The Balaban J connectivity index is 1.96. The Morgan fingerprint density at radius 2 is 1.83 bits per heavy atom. The minimum atomic E-state index is -0.244. The lowest BCUT2D eigenvalue weighted by molar-refractivity contribution is 0.102. The van der Waals surface area contributed by atoms with Crippen LogP contribution in [0.4, 0.5) is 5.69 Å². The van der Waals surface area contributed by atoms with Gasteiger partial charge in [0, 0.05) is 5.56 Å². The maximum atomic E-state index is 12.2. The molecule has 122 valence electrons. The average molecular weight is 352 g/mol. The molecule has 0 radical (unpaired) electrons. The van der Waals surface area contributed by atoms with Crippen molar-refractivity contribution in [3.05, 3.63) is 58.1 Å². The largest absolute Gasteiger partial charge is 0.494 e. The van der Waals surface area contributed by atoms with E-state index in [1.165, 1.54) is 0 Å². The Morgan fingerprint density at radius 3 is 2.52 bits per heavy atom. The van der Waals surface area contributed by atoms with Crippen molar-refractivity contribution in [3.63, 3.8) is 0 Å². The third-order valence-electron chi connectivity index (χ3n) is 3.33. The first-order valence-corrected chi connectivity index (χ1v) is 8.35. The van der Waals surface area contributed by atoms with Crippen LogP contribution < -0.4 is 10.1 Å². The fourth-order valence-electron chi connectivity index (χ4n) is 2.04. The van der Waals surface area contributed by atoms with Crippen LogP contribution >= 0.6 is 23.2 Å². The number of carbonyl (C=O) groups excluding carboxylic acids is 1. The van der Waals surface area contributed by atoms with Crippen LogP contribution in [-0.2, 0) is 0 Å². The third-order valence-corrected chi connectivity index (χ3v) is 4.15. The summed E-state index contributed by atoms with van der Waals surface area (Å²) in [5, 5.41) is 3.49. The van der Waals surface area contributed by atoms with Gasteiger partial charge in [0.25, 0.3) is 5.91 Å². The number of amides is 1. The Morgan fingerprint density at radius 1 is 1.09 bits per heavy atom. The molecule has 0 saturated heterocycles. The lowest BCUT2D eigenvalue weighted by Crippen LogP contribution is -2.12. The summed E-state index contributed by atoms with van der Waals surface area (Å²) in [7, 11) is 0. The highest BCUT2D eigenvalue weighted by Crippen LogP contribution is 2.29. The zero-order valence-electron chi connectivity index (χ0n) is 12.9. The van der Waals surface area contributed by atoms with Gasteiger partial charge in [-0.05, 0) is 42.8 Å². The highest BCUT2D eigenvalue weighted by Gasteiger charge is 2.10. The molecule has 2 aromatic carbocycles. The number of rotatable bonds is 7. The van der Waals surface area contributed by atoms with E-state index in [0.29, 0.717) is 27.9 Å². The van der Waals surface area contributed by atoms with Gasteiger partial charge in [-0.2, -0.15) is 0 Å². The van der Waals surface area contributed by atoms with Crippen molar-refractivity contribution >= 4 is 34.8 Å². The molecular formula is C18H19Cl2NO2. The zero-order valence-corrected chi connectivity index (χ0v) is 14.5. The summed E-state index contributed by atoms with van der Waals surface area (Å²) in [6.45, 7) is 2.84. The molecule has 0 aliphatic carbocycles. The van der Waals surface area contributed by atoms with Crippen LogP contribution in [-0.4, -0.2) is 12.5 Å². The third kappa shape index (κ3) is 5.15. The van der Waals surface area contributed by atoms with Gasteiger partial charge in [0.15, 0.2) is 0 Å². The van der Waals surface area contributed by atoms with E-state index < -0.39 is 0 Å². The van der Waals surface area contributed by atoms with Crippen molar-refractivity contribution in [1.29, 1.82) is 0 Å². The van der Waals surface area contributed by atoms with E-state index >= 15 is 0 Å². The van der Waals surface area contributed by atoms with Gasteiger partial charge < -0.3 is 10.1 Å². The first-order chi connectivity index (χ1) is 11.1. The second-order valence-electron chi connectivity index (χ2n) is 5.14. The summed E-state index contributed by atoms with van der Waals surface area (Å²) in [6, 6.07) is 12.1. The van der Waals surface area contributed by atoms with Crippen LogP contribution in [0, 0.1) is 0 Å². The van der Waals surface area contributed by atoms with Gasteiger partial charge in [-0.25, -0.2) is 0 Å². The number of hydrogen-bond acceptors (Lipinski definition) is 2. The monoisotopic (exact) mass is 351 g/mol. The molecule has 0 fully saturated rings. The van der Waals surface area contributed by atoms with Crippen LogP contribution in [0.15, 0.2) is 42.5 Å². The maximum Gasteiger partial charge on any atom is 0.255 e. The summed E-state index contributed by atoms with van der Waals surface area (Å²) in [6.07, 6.45) is 3.35. The molecule has 0 spiro atoms. The van der Waals surface area contributed by atoms with Crippen molar-refractivity contribution in [1.82, 2.24) is 0 Å². The molecule has 23 heavy (non-hydrogen) atoms. The molecule has 2 rings (SSSR count). The summed E-state index contributed by atoms with van der Waals surface area (Å²) < 4.78 is 5.63. The van der Waals surface area contributed by atoms with Crippen LogP contribution in [0.25, 0.3) is 0 Å². The molecule has 5 heteroatoms. The van der Waals surface area contributed by atoms with Crippen molar-refractivity contribution in [3.8, 4) is 5.75 Å². The molecule has 0 unspecified atom stereocenters. The number of ether oxygens (including phenoxy) is 1. The van der Waals surface area contributed by atoms with Crippen molar-refractivity contribution in [2.24, 2.45) is 0 Å². The van der Waals surface area contributed by atoms with Crippen LogP contribution in [0.3, 0.4) is 0 Å². The van der Waals surface area contributed by atoms with Crippen LogP contribution in [0.2, 0.25) is 10.0 Å². The van der Waals surface area contributed by atoms with E-state index in [1.807, 2.05) is 0 Å². The molecule has 0 saturated carbocycles. The molecule has 0 aliphatic heterocycles. The van der Waals surface area contributed by atoms with Crippen LogP contribution in [0.5, 0.6) is 5.75 Å². The average Bonchev–Trinajstić information content (AvgIpc) is 2.56. The number of carbonyl (C=O) groups is 1. The molecule has 1 N–H and O–H groups in total. The second kappa shape index (κ2) is 8.80. The summed E-state index contributed by atoms with van der Waals surface area (Å²) in [5.41, 5.74) is 1.02. The van der Waals surface area contributed by atoms with Gasteiger partial charge in [0.1, 0.15) is 5.75 Å². The predicted molar refractivity (Wildman–Crippen MR) is 95.9 cm³/mol. The summed E-state index contributed by atoms with van der Waals surface area (Å²) in [5.74, 6) is 0.519. The van der Waals surface area contributed by atoms with Gasteiger partial charge in [-0.3, -0.25) is 4.79 Å². The van der Waals surface area contributed by atoms with Gasteiger partial charge in [-0.1, -0.05) is 49.0 Å². The first-order valence-electron chi connectivity index (χ1n) is 7.60. The number of nitrogens with one attached hydrogen (secondary N) is 1. The van der Waals surface area contributed by atoms with E-state index in [0.717, 1.165) is 25.0 Å². The van der Waals surface area contributed by atoms with E-state index in [1.54, 1.807) is 42.5 Å². The Kier molecular flexibility index (Phi) is 6.75. The minimum absolute atomic E-state index is 0.244. The van der Waals surface area contributed by atoms with Crippen molar-refractivity contribution < 1.29 is 9.53 Å². The summed E-state index contributed by atoms with van der Waals surface area (Å²) in [4.78, 5) is 12.2. The minimum Gasteiger partial charge on any atom is -0.494 e. The standard InChI is InChI=1S/C18H19Cl2NO2/c1-2-3-4-12-23-14-10-8-13(9-11-14)18(22)21-16-7-5-6-15(19)17(16)20/h5-11H,2-4,12H2,1H3,(H,21,22). The normalized spacial score (nSPS) is 10.4.